The molecule has 15 heavy (non-hydrogen) atoms. The van der Waals surface area contributed by atoms with Crippen molar-refractivity contribution in [2.45, 2.75) is 26.3 Å². The molecule has 1 nitrogen and oxygen atoms in total. The fourth-order valence-electron chi connectivity index (χ4n) is 1.77. The van der Waals surface area contributed by atoms with Gasteiger partial charge >= 0.3 is 0 Å². The van der Waals surface area contributed by atoms with E-state index in [0.29, 0.717) is 6.04 Å². The molecule has 0 aliphatic carbocycles. The van der Waals surface area contributed by atoms with Crippen molar-refractivity contribution in [3.8, 4) is 0 Å². The molecule has 1 N–H and O–H groups in total. The summed E-state index contributed by atoms with van der Waals surface area (Å²) in [7, 11) is 2.02. The van der Waals surface area contributed by atoms with Gasteiger partial charge in [-0.25, -0.2) is 0 Å². The van der Waals surface area contributed by atoms with Gasteiger partial charge in [-0.2, -0.15) is 0 Å². The Balaban J connectivity index is 2.35. The molecular formula is C13H17NS. The van der Waals surface area contributed by atoms with Gasteiger partial charge in [0.15, 0.2) is 0 Å². The van der Waals surface area contributed by atoms with E-state index in [9.17, 15) is 0 Å². The molecule has 1 atom stereocenters. The maximum atomic E-state index is 3.28. The Morgan fingerprint density at radius 1 is 1.40 bits per heavy atom. The SMILES string of the molecule is CNC(C)Cc1cc2cccc(C)c2s1. The minimum atomic E-state index is 0.554. The molecule has 1 aromatic carbocycles. The molecule has 0 bridgehead atoms. The maximum absolute atomic E-state index is 3.28. The fraction of sp³-hybridized carbons (Fsp3) is 0.385. The molecule has 0 radical (unpaired) electrons. The van der Waals surface area contributed by atoms with Gasteiger partial charge in [0.05, 0.1) is 0 Å². The summed E-state index contributed by atoms with van der Waals surface area (Å²) in [5.74, 6) is 0. The van der Waals surface area contributed by atoms with Crippen LogP contribution in [0.2, 0.25) is 0 Å². The van der Waals surface area contributed by atoms with Crippen LogP contribution in [0, 0.1) is 6.92 Å². The second-order valence-corrected chi connectivity index (χ2v) is 5.24. The summed E-state index contributed by atoms with van der Waals surface area (Å²) in [5, 5.41) is 4.67. The van der Waals surface area contributed by atoms with Crippen LogP contribution < -0.4 is 5.32 Å². The minimum absolute atomic E-state index is 0.554. The van der Waals surface area contributed by atoms with Crippen molar-refractivity contribution in [2.24, 2.45) is 0 Å². The zero-order valence-electron chi connectivity index (χ0n) is 9.50. The van der Waals surface area contributed by atoms with Gasteiger partial charge in [-0.15, -0.1) is 11.3 Å². The van der Waals surface area contributed by atoms with Crippen molar-refractivity contribution < 1.29 is 0 Å². The third-order valence-corrected chi connectivity index (χ3v) is 4.10. The van der Waals surface area contributed by atoms with Crippen LogP contribution in [0.25, 0.3) is 10.1 Å². The van der Waals surface area contributed by atoms with Crippen LogP contribution in [0.4, 0.5) is 0 Å². The number of nitrogens with one attached hydrogen (secondary N) is 1. The second kappa shape index (κ2) is 4.33. The van der Waals surface area contributed by atoms with Gasteiger partial charge in [-0.3, -0.25) is 0 Å². The number of aryl methyl sites for hydroxylation is 1. The number of fused-ring (bicyclic) bond motifs is 1. The molecule has 0 aliphatic heterocycles. The summed E-state index contributed by atoms with van der Waals surface area (Å²) in [5.41, 5.74) is 1.39. The van der Waals surface area contributed by atoms with Crippen molar-refractivity contribution in [1.29, 1.82) is 0 Å². The molecule has 0 amide bonds. The number of hydrogen-bond donors (Lipinski definition) is 1. The van der Waals surface area contributed by atoms with E-state index in [1.54, 1.807) is 0 Å². The monoisotopic (exact) mass is 219 g/mol. The van der Waals surface area contributed by atoms with E-state index in [1.807, 2.05) is 18.4 Å². The van der Waals surface area contributed by atoms with Gasteiger partial charge in [-0.1, -0.05) is 18.2 Å². The highest BCUT2D eigenvalue weighted by Gasteiger charge is 2.06. The molecule has 0 saturated heterocycles. The van der Waals surface area contributed by atoms with Crippen molar-refractivity contribution in [3.63, 3.8) is 0 Å². The number of rotatable bonds is 3. The first-order valence-electron chi connectivity index (χ1n) is 5.36. The zero-order chi connectivity index (χ0) is 10.8. The van der Waals surface area contributed by atoms with Crippen molar-refractivity contribution in [3.05, 3.63) is 34.7 Å². The smallest absolute Gasteiger partial charge is 0.0374 e. The summed E-state index contributed by atoms with van der Waals surface area (Å²) >= 11 is 1.93. The second-order valence-electron chi connectivity index (χ2n) is 4.10. The molecule has 80 valence electrons. The maximum Gasteiger partial charge on any atom is 0.0374 e. The van der Waals surface area contributed by atoms with Gasteiger partial charge in [-0.05, 0) is 44.3 Å². The average molecular weight is 219 g/mol. The fourth-order valence-corrected chi connectivity index (χ4v) is 3.02. The molecule has 2 aromatic rings. The Morgan fingerprint density at radius 3 is 2.87 bits per heavy atom. The van der Waals surface area contributed by atoms with E-state index in [0.717, 1.165) is 6.42 Å². The van der Waals surface area contributed by atoms with Crippen LogP contribution in [-0.4, -0.2) is 13.1 Å². The lowest BCUT2D eigenvalue weighted by atomic mass is 10.1. The van der Waals surface area contributed by atoms with E-state index in [-0.39, 0.29) is 0 Å². The van der Waals surface area contributed by atoms with Crippen LogP contribution in [0.15, 0.2) is 24.3 Å². The topological polar surface area (TPSA) is 12.0 Å². The standard InChI is InChI=1S/C13H17NS/c1-9-5-4-6-11-8-12(15-13(9)11)7-10(2)14-3/h4-6,8,10,14H,7H2,1-3H3. The third kappa shape index (κ3) is 2.21. The van der Waals surface area contributed by atoms with E-state index in [1.165, 1.54) is 20.5 Å². The van der Waals surface area contributed by atoms with Crippen LogP contribution in [0.1, 0.15) is 17.4 Å². The molecule has 2 heteroatoms. The van der Waals surface area contributed by atoms with Crippen LogP contribution in [0.5, 0.6) is 0 Å². The predicted octanol–water partition coefficient (Wildman–Crippen LogP) is 3.36. The first kappa shape index (κ1) is 10.7. The summed E-state index contributed by atoms with van der Waals surface area (Å²) in [6.07, 6.45) is 1.12. The number of hydrogen-bond acceptors (Lipinski definition) is 2. The highest BCUT2D eigenvalue weighted by Crippen LogP contribution is 2.28. The molecule has 1 unspecified atom stereocenters. The van der Waals surface area contributed by atoms with Gasteiger partial charge in [0.25, 0.3) is 0 Å². The van der Waals surface area contributed by atoms with Crippen LogP contribution in [0.3, 0.4) is 0 Å². The van der Waals surface area contributed by atoms with E-state index >= 15 is 0 Å². The Kier molecular flexibility index (Phi) is 3.08. The number of benzene rings is 1. The van der Waals surface area contributed by atoms with Crippen molar-refractivity contribution in [1.82, 2.24) is 5.32 Å². The van der Waals surface area contributed by atoms with Crippen molar-refractivity contribution in [2.75, 3.05) is 7.05 Å². The molecule has 0 aliphatic rings. The van der Waals surface area contributed by atoms with Gasteiger partial charge in [0.1, 0.15) is 0 Å². The molecule has 2 rings (SSSR count). The van der Waals surface area contributed by atoms with E-state index < -0.39 is 0 Å². The van der Waals surface area contributed by atoms with Crippen molar-refractivity contribution >= 4 is 21.4 Å². The van der Waals surface area contributed by atoms with Gasteiger partial charge in [0, 0.05) is 15.6 Å². The lowest BCUT2D eigenvalue weighted by Crippen LogP contribution is -2.22. The van der Waals surface area contributed by atoms with Crippen LogP contribution >= 0.6 is 11.3 Å². The molecule has 0 saturated carbocycles. The highest BCUT2D eigenvalue weighted by atomic mass is 32.1. The Bertz CT molecular complexity index is 459. The predicted molar refractivity (Wildman–Crippen MR) is 68.8 cm³/mol. The Hall–Kier alpha value is -0.860. The number of likely N-dealkylation sites (N-methyl/N-ethyl adjacent to an activating group) is 1. The normalized spacial score (nSPS) is 13.3. The first-order valence-corrected chi connectivity index (χ1v) is 6.17. The minimum Gasteiger partial charge on any atom is -0.317 e. The summed E-state index contributed by atoms with van der Waals surface area (Å²) < 4.78 is 1.44. The molecule has 0 spiro atoms. The molecular weight excluding hydrogens is 202 g/mol. The summed E-state index contributed by atoms with van der Waals surface area (Å²) in [6, 6.07) is 9.39. The molecule has 0 fully saturated rings. The summed E-state index contributed by atoms with van der Waals surface area (Å²) in [4.78, 5) is 1.47. The molecule has 1 aromatic heterocycles. The first-order chi connectivity index (χ1) is 7.20. The van der Waals surface area contributed by atoms with E-state index in [2.05, 4.69) is 43.4 Å². The van der Waals surface area contributed by atoms with Gasteiger partial charge < -0.3 is 5.32 Å². The quantitative estimate of drug-likeness (QED) is 0.834. The van der Waals surface area contributed by atoms with Gasteiger partial charge in [0.2, 0.25) is 0 Å². The average Bonchev–Trinajstić information content (AvgIpc) is 2.62. The number of thiophene rings is 1. The lowest BCUT2D eigenvalue weighted by Gasteiger charge is -2.06. The lowest BCUT2D eigenvalue weighted by molar-refractivity contribution is 0.613. The zero-order valence-corrected chi connectivity index (χ0v) is 10.3. The summed E-state index contributed by atoms with van der Waals surface area (Å²) in [6.45, 7) is 4.40. The van der Waals surface area contributed by atoms with Crippen LogP contribution in [-0.2, 0) is 6.42 Å². The third-order valence-electron chi connectivity index (χ3n) is 2.79. The Labute approximate surface area is 95.1 Å². The molecule has 1 heterocycles. The highest BCUT2D eigenvalue weighted by molar-refractivity contribution is 7.19. The Morgan fingerprint density at radius 2 is 2.20 bits per heavy atom. The largest absolute Gasteiger partial charge is 0.317 e. The van der Waals surface area contributed by atoms with E-state index in [4.69, 9.17) is 0 Å².